The molecule has 1 heterocycles. The van der Waals surface area contributed by atoms with E-state index in [0.29, 0.717) is 13.2 Å². The van der Waals surface area contributed by atoms with Crippen molar-refractivity contribution in [3.63, 3.8) is 0 Å². The smallest absolute Gasteiger partial charge is 0.262 e. The van der Waals surface area contributed by atoms with Crippen LogP contribution in [0.4, 0.5) is 4.39 Å². The number of sulfonamides is 1. The first-order valence-corrected chi connectivity index (χ1v) is 8.09. The van der Waals surface area contributed by atoms with Gasteiger partial charge in [-0.15, -0.1) is 0 Å². The van der Waals surface area contributed by atoms with E-state index in [-0.39, 0.29) is 10.5 Å². The van der Waals surface area contributed by atoms with E-state index in [4.69, 9.17) is 4.84 Å². The summed E-state index contributed by atoms with van der Waals surface area (Å²) in [4.78, 5) is 9.30. The molecule has 1 aromatic rings. The molecule has 0 saturated carbocycles. The lowest BCUT2D eigenvalue weighted by atomic mass is 10.2. The SMILES string of the molecule is Cc1cc(S(=O)(=O)NOCCN2CCCC2)ccc1F. The summed E-state index contributed by atoms with van der Waals surface area (Å²) in [6, 6.07) is 3.63. The minimum atomic E-state index is -3.75. The average molecular weight is 302 g/mol. The molecule has 5 nitrogen and oxygen atoms in total. The topological polar surface area (TPSA) is 58.6 Å². The first-order chi connectivity index (χ1) is 9.49. The van der Waals surface area contributed by atoms with Crippen LogP contribution in [0.25, 0.3) is 0 Å². The van der Waals surface area contributed by atoms with Crippen LogP contribution in [0, 0.1) is 12.7 Å². The van der Waals surface area contributed by atoms with Crippen molar-refractivity contribution in [1.29, 1.82) is 0 Å². The Morgan fingerprint density at radius 2 is 2.05 bits per heavy atom. The van der Waals surface area contributed by atoms with Gasteiger partial charge in [0.15, 0.2) is 0 Å². The largest absolute Gasteiger partial charge is 0.301 e. The van der Waals surface area contributed by atoms with E-state index in [1.165, 1.54) is 31.9 Å². The molecular weight excluding hydrogens is 283 g/mol. The maximum atomic E-state index is 13.1. The van der Waals surface area contributed by atoms with Crippen molar-refractivity contribution in [2.24, 2.45) is 0 Å². The van der Waals surface area contributed by atoms with Crippen molar-refractivity contribution < 1.29 is 17.6 Å². The third-order valence-electron chi connectivity index (χ3n) is 3.32. The van der Waals surface area contributed by atoms with E-state index in [9.17, 15) is 12.8 Å². The normalized spacial score (nSPS) is 16.7. The lowest BCUT2D eigenvalue weighted by Gasteiger charge is -2.14. The number of halogens is 1. The van der Waals surface area contributed by atoms with Gasteiger partial charge in [0.25, 0.3) is 10.0 Å². The number of aryl methyl sites for hydroxylation is 1. The van der Waals surface area contributed by atoms with Gasteiger partial charge < -0.3 is 4.90 Å². The van der Waals surface area contributed by atoms with Crippen molar-refractivity contribution in [1.82, 2.24) is 9.79 Å². The number of benzene rings is 1. The summed E-state index contributed by atoms with van der Waals surface area (Å²) < 4.78 is 37.0. The molecule has 20 heavy (non-hydrogen) atoms. The molecule has 1 saturated heterocycles. The molecule has 7 heteroatoms. The number of likely N-dealkylation sites (tertiary alicyclic amines) is 1. The summed E-state index contributed by atoms with van der Waals surface area (Å²) in [5.74, 6) is -0.432. The van der Waals surface area contributed by atoms with Crippen LogP contribution in [0.1, 0.15) is 18.4 Å². The maximum absolute atomic E-state index is 13.1. The quantitative estimate of drug-likeness (QED) is 0.638. The van der Waals surface area contributed by atoms with Crippen LogP contribution >= 0.6 is 0 Å². The lowest BCUT2D eigenvalue weighted by Crippen LogP contribution is -2.30. The van der Waals surface area contributed by atoms with Crippen LogP contribution in [0.2, 0.25) is 0 Å². The average Bonchev–Trinajstić information content (AvgIpc) is 2.91. The zero-order valence-electron chi connectivity index (χ0n) is 11.4. The summed E-state index contributed by atoms with van der Waals surface area (Å²) in [5, 5.41) is 0. The van der Waals surface area contributed by atoms with Crippen molar-refractivity contribution >= 4 is 10.0 Å². The second-order valence-electron chi connectivity index (χ2n) is 4.89. The highest BCUT2D eigenvalue weighted by Gasteiger charge is 2.16. The van der Waals surface area contributed by atoms with Gasteiger partial charge >= 0.3 is 0 Å². The van der Waals surface area contributed by atoms with E-state index >= 15 is 0 Å². The molecule has 0 spiro atoms. The molecule has 1 aliphatic heterocycles. The minimum Gasteiger partial charge on any atom is -0.301 e. The van der Waals surface area contributed by atoms with Crippen molar-refractivity contribution in [2.45, 2.75) is 24.7 Å². The number of hydrogen-bond acceptors (Lipinski definition) is 4. The highest BCUT2D eigenvalue weighted by atomic mass is 32.2. The first-order valence-electron chi connectivity index (χ1n) is 6.61. The zero-order valence-corrected chi connectivity index (χ0v) is 12.2. The molecule has 1 aromatic carbocycles. The maximum Gasteiger partial charge on any atom is 0.262 e. The van der Waals surface area contributed by atoms with Crippen LogP contribution in [0.15, 0.2) is 23.1 Å². The number of hydrogen-bond donors (Lipinski definition) is 1. The van der Waals surface area contributed by atoms with Gasteiger partial charge in [-0.3, -0.25) is 4.84 Å². The predicted molar refractivity (Wildman–Crippen MR) is 73.1 cm³/mol. The Kier molecular flexibility index (Phi) is 5.09. The highest BCUT2D eigenvalue weighted by molar-refractivity contribution is 7.89. The molecule has 112 valence electrons. The summed E-state index contributed by atoms with van der Waals surface area (Å²) in [7, 11) is -3.75. The number of nitrogens with one attached hydrogen (secondary N) is 1. The van der Waals surface area contributed by atoms with Gasteiger partial charge in [0.2, 0.25) is 0 Å². The fourth-order valence-electron chi connectivity index (χ4n) is 2.13. The van der Waals surface area contributed by atoms with Crippen molar-refractivity contribution in [3.8, 4) is 0 Å². The molecule has 0 atom stereocenters. The lowest BCUT2D eigenvalue weighted by molar-refractivity contribution is 0.0756. The summed E-state index contributed by atoms with van der Waals surface area (Å²) >= 11 is 0. The number of rotatable bonds is 6. The molecule has 0 radical (unpaired) electrons. The van der Waals surface area contributed by atoms with E-state index in [1.54, 1.807) is 0 Å². The predicted octanol–water partition coefficient (Wildman–Crippen LogP) is 1.44. The Balaban J connectivity index is 1.85. The van der Waals surface area contributed by atoms with Gasteiger partial charge in [-0.2, -0.15) is 0 Å². The number of nitrogens with zero attached hydrogens (tertiary/aromatic N) is 1. The standard InChI is InChI=1S/C13H19FN2O3S/c1-11-10-12(4-5-13(11)14)20(17,18)15-19-9-8-16-6-2-3-7-16/h4-5,10,15H,2-3,6-9H2,1H3. The van der Waals surface area contributed by atoms with E-state index in [2.05, 4.69) is 9.79 Å². The molecule has 1 aliphatic rings. The molecule has 0 unspecified atom stereocenters. The van der Waals surface area contributed by atoms with Crippen LogP contribution in [0.3, 0.4) is 0 Å². The molecular formula is C13H19FN2O3S. The van der Waals surface area contributed by atoms with Gasteiger partial charge in [-0.05, 0) is 56.6 Å². The molecule has 1 N–H and O–H groups in total. The summed E-state index contributed by atoms with van der Waals surface area (Å²) in [6.07, 6.45) is 2.36. The fraction of sp³-hybridized carbons (Fsp3) is 0.538. The van der Waals surface area contributed by atoms with Gasteiger partial charge in [0.1, 0.15) is 5.82 Å². The van der Waals surface area contributed by atoms with Crippen LogP contribution in [-0.2, 0) is 14.9 Å². The van der Waals surface area contributed by atoms with Crippen molar-refractivity contribution in [3.05, 3.63) is 29.6 Å². The van der Waals surface area contributed by atoms with E-state index in [0.717, 1.165) is 19.2 Å². The second-order valence-corrected chi connectivity index (χ2v) is 6.54. The monoisotopic (exact) mass is 302 g/mol. The molecule has 0 aliphatic carbocycles. The van der Waals surface area contributed by atoms with Gasteiger partial charge in [0, 0.05) is 6.54 Å². The first kappa shape index (κ1) is 15.4. The Hall–Kier alpha value is -1.02. The van der Waals surface area contributed by atoms with Gasteiger partial charge in [-0.25, -0.2) is 12.8 Å². The second kappa shape index (κ2) is 6.62. The third kappa shape index (κ3) is 3.99. The Bertz CT molecular complexity index is 557. The van der Waals surface area contributed by atoms with E-state index in [1.807, 2.05) is 0 Å². The molecule has 1 fully saturated rings. The third-order valence-corrected chi connectivity index (χ3v) is 4.53. The summed E-state index contributed by atoms with van der Waals surface area (Å²) in [5.41, 5.74) is 0.282. The Morgan fingerprint density at radius 1 is 1.35 bits per heavy atom. The minimum absolute atomic E-state index is 0.00225. The van der Waals surface area contributed by atoms with Gasteiger partial charge in [0.05, 0.1) is 11.5 Å². The van der Waals surface area contributed by atoms with Crippen LogP contribution in [0.5, 0.6) is 0 Å². The van der Waals surface area contributed by atoms with Crippen molar-refractivity contribution in [2.75, 3.05) is 26.2 Å². The van der Waals surface area contributed by atoms with E-state index < -0.39 is 15.8 Å². The fourth-order valence-corrected chi connectivity index (χ4v) is 3.05. The van der Waals surface area contributed by atoms with Crippen LogP contribution < -0.4 is 4.89 Å². The zero-order chi connectivity index (χ0) is 14.6. The molecule has 0 bridgehead atoms. The Labute approximate surface area is 118 Å². The Morgan fingerprint density at radius 3 is 2.70 bits per heavy atom. The molecule has 0 amide bonds. The summed E-state index contributed by atoms with van der Waals surface area (Å²) in [6.45, 7) is 4.58. The molecule has 0 aromatic heterocycles. The molecule has 2 rings (SSSR count). The highest BCUT2D eigenvalue weighted by Crippen LogP contribution is 2.14. The van der Waals surface area contributed by atoms with Crippen LogP contribution in [-0.4, -0.2) is 39.6 Å². The van der Waals surface area contributed by atoms with Gasteiger partial charge in [-0.1, -0.05) is 4.89 Å².